The maximum atomic E-state index is 11.9. The van der Waals surface area contributed by atoms with Gasteiger partial charge in [0.15, 0.2) is 0 Å². The lowest BCUT2D eigenvalue weighted by Gasteiger charge is -2.16. The Bertz CT molecular complexity index is 403. The van der Waals surface area contributed by atoms with E-state index in [4.69, 9.17) is 16.3 Å². The summed E-state index contributed by atoms with van der Waals surface area (Å²) < 4.78 is 5.36. The summed E-state index contributed by atoms with van der Waals surface area (Å²) in [6.45, 7) is 5.85. The van der Waals surface area contributed by atoms with Gasteiger partial charge in [-0.25, -0.2) is 0 Å². The predicted octanol–water partition coefficient (Wildman–Crippen LogP) is 4.22. The Hall–Kier alpha value is -1.02. The molecule has 1 rings (SSSR count). The predicted molar refractivity (Wildman–Crippen MR) is 75.4 cm³/mol. The third-order valence-corrected chi connectivity index (χ3v) is 3.32. The number of ether oxygens (including phenoxy) is 1. The summed E-state index contributed by atoms with van der Waals surface area (Å²) in [6.07, 6.45) is 7.19. The van der Waals surface area contributed by atoms with E-state index in [-0.39, 0.29) is 11.8 Å². The van der Waals surface area contributed by atoms with Gasteiger partial charge in [0, 0.05) is 16.9 Å². The average molecular weight is 269 g/mol. The molecule has 0 heterocycles. The molecule has 1 atom stereocenters. The molecule has 0 amide bonds. The van der Waals surface area contributed by atoms with Gasteiger partial charge in [-0.15, -0.1) is 0 Å². The Morgan fingerprint density at radius 3 is 2.67 bits per heavy atom. The number of Topliss-reactive ketones (excluding diaryl/α,β-unsaturated/α-hetero) is 1. The van der Waals surface area contributed by atoms with E-state index >= 15 is 0 Å². The van der Waals surface area contributed by atoms with E-state index in [0.29, 0.717) is 10.8 Å². The molecule has 0 fully saturated rings. The summed E-state index contributed by atoms with van der Waals surface area (Å²) in [4.78, 5) is 11.9. The molecule has 2 nitrogen and oxygen atoms in total. The van der Waals surface area contributed by atoms with Crippen LogP contribution in [0.5, 0.6) is 0 Å². The van der Waals surface area contributed by atoms with Gasteiger partial charge in [-0.1, -0.05) is 38.4 Å². The molecule has 3 heteroatoms. The molecular formula is C15H21ClO2. The Morgan fingerprint density at radius 1 is 1.44 bits per heavy atom. The van der Waals surface area contributed by atoms with E-state index < -0.39 is 0 Å². The molecular weight excluding hydrogens is 248 g/mol. The van der Waals surface area contributed by atoms with Crippen LogP contribution in [0.15, 0.2) is 34.6 Å². The van der Waals surface area contributed by atoms with Crippen LogP contribution in [0, 0.1) is 11.8 Å². The Morgan fingerprint density at radius 2 is 2.11 bits per heavy atom. The number of rotatable bonds is 5. The number of methoxy groups -OCH3 is 1. The van der Waals surface area contributed by atoms with Gasteiger partial charge >= 0.3 is 0 Å². The number of ketones is 1. The summed E-state index contributed by atoms with van der Waals surface area (Å²) in [6, 6.07) is 0. The minimum Gasteiger partial charge on any atom is -0.497 e. The third kappa shape index (κ3) is 4.02. The molecule has 0 N–H and O–H groups in total. The summed E-state index contributed by atoms with van der Waals surface area (Å²) in [5, 5.41) is 0.657. The number of hydrogen-bond donors (Lipinski definition) is 0. The number of hydrogen-bond acceptors (Lipinski definition) is 2. The van der Waals surface area contributed by atoms with Crippen molar-refractivity contribution in [3.05, 3.63) is 34.6 Å². The van der Waals surface area contributed by atoms with Crippen LogP contribution in [0.1, 0.15) is 33.6 Å². The van der Waals surface area contributed by atoms with E-state index in [2.05, 4.69) is 0 Å². The van der Waals surface area contributed by atoms with Crippen molar-refractivity contribution < 1.29 is 9.53 Å². The largest absolute Gasteiger partial charge is 0.497 e. The molecule has 0 saturated carbocycles. The molecule has 0 aliphatic heterocycles. The van der Waals surface area contributed by atoms with Crippen molar-refractivity contribution in [3.63, 3.8) is 0 Å². The first-order valence-corrected chi connectivity index (χ1v) is 6.67. The van der Waals surface area contributed by atoms with Crippen LogP contribution in [0.4, 0.5) is 0 Å². The highest BCUT2D eigenvalue weighted by molar-refractivity contribution is 6.31. The zero-order chi connectivity index (χ0) is 13.7. The topological polar surface area (TPSA) is 26.3 Å². The second-order valence-corrected chi connectivity index (χ2v) is 5.41. The summed E-state index contributed by atoms with van der Waals surface area (Å²) in [5.74, 6) is 1.17. The molecule has 1 unspecified atom stereocenters. The zero-order valence-electron chi connectivity index (χ0n) is 11.5. The van der Waals surface area contributed by atoms with Crippen molar-refractivity contribution in [2.75, 3.05) is 7.11 Å². The minimum atomic E-state index is 0.0174. The summed E-state index contributed by atoms with van der Waals surface area (Å²) in [7, 11) is 1.64. The van der Waals surface area contributed by atoms with Crippen molar-refractivity contribution in [2.45, 2.75) is 33.6 Å². The second-order valence-electron chi connectivity index (χ2n) is 4.97. The van der Waals surface area contributed by atoms with Crippen LogP contribution in [-0.4, -0.2) is 12.9 Å². The van der Waals surface area contributed by atoms with Crippen LogP contribution >= 0.6 is 11.6 Å². The van der Waals surface area contributed by atoms with Gasteiger partial charge in [-0.05, 0) is 30.6 Å². The van der Waals surface area contributed by atoms with E-state index in [1.165, 1.54) is 0 Å². The van der Waals surface area contributed by atoms with Crippen LogP contribution < -0.4 is 0 Å². The molecule has 0 aromatic heterocycles. The van der Waals surface area contributed by atoms with Crippen LogP contribution in [0.3, 0.4) is 0 Å². The average Bonchev–Trinajstić information content (AvgIpc) is 2.49. The van der Waals surface area contributed by atoms with Crippen molar-refractivity contribution >= 4 is 17.4 Å². The highest BCUT2D eigenvalue weighted by atomic mass is 35.5. The molecule has 0 radical (unpaired) electrons. The Balaban J connectivity index is 2.87. The molecule has 0 saturated heterocycles. The lowest BCUT2D eigenvalue weighted by Crippen LogP contribution is -2.18. The molecule has 0 aromatic rings. The smallest absolute Gasteiger partial charge is 0.138 e. The molecule has 1 aliphatic rings. The van der Waals surface area contributed by atoms with Gasteiger partial charge in [-0.3, -0.25) is 4.79 Å². The quantitative estimate of drug-likeness (QED) is 0.746. The zero-order valence-corrected chi connectivity index (χ0v) is 12.3. The van der Waals surface area contributed by atoms with Crippen molar-refractivity contribution in [2.24, 2.45) is 11.8 Å². The second kappa shape index (κ2) is 6.79. The maximum Gasteiger partial charge on any atom is 0.138 e. The van der Waals surface area contributed by atoms with Crippen molar-refractivity contribution in [1.82, 2.24) is 0 Å². The van der Waals surface area contributed by atoms with E-state index in [9.17, 15) is 4.79 Å². The van der Waals surface area contributed by atoms with Crippen LogP contribution in [-0.2, 0) is 9.53 Å². The molecule has 100 valence electrons. The maximum absolute atomic E-state index is 11.9. The van der Waals surface area contributed by atoms with Gasteiger partial charge in [0.1, 0.15) is 11.5 Å². The Labute approximate surface area is 114 Å². The van der Waals surface area contributed by atoms with Crippen LogP contribution in [0.25, 0.3) is 0 Å². The number of halogens is 1. The SMILES string of the molecule is COC1=C(CC(C)C(=O)C(C)C)CC=CC(Cl)=C1. The van der Waals surface area contributed by atoms with Gasteiger partial charge in [-0.2, -0.15) is 0 Å². The first kappa shape index (κ1) is 15.0. The van der Waals surface area contributed by atoms with Gasteiger partial charge < -0.3 is 4.74 Å². The molecule has 1 aliphatic carbocycles. The molecule has 0 spiro atoms. The summed E-state index contributed by atoms with van der Waals surface area (Å²) >= 11 is 6.00. The van der Waals surface area contributed by atoms with E-state index in [1.54, 1.807) is 7.11 Å². The number of carbonyl (C=O) groups is 1. The monoisotopic (exact) mass is 268 g/mol. The van der Waals surface area contributed by atoms with Crippen molar-refractivity contribution in [3.8, 4) is 0 Å². The first-order valence-electron chi connectivity index (χ1n) is 6.29. The van der Waals surface area contributed by atoms with Crippen molar-refractivity contribution in [1.29, 1.82) is 0 Å². The normalized spacial score (nSPS) is 17.6. The highest BCUT2D eigenvalue weighted by Gasteiger charge is 2.19. The Kier molecular flexibility index (Phi) is 5.67. The lowest BCUT2D eigenvalue weighted by atomic mass is 9.89. The van der Waals surface area contributed by atoms with Crippen LogP contribution in [0.2, 0.25) is 0 Å². The lowest BCUT2D eigenvalue weighted by molar-refractivity contribution is -0.125. The molecule has 18 heavy (non-hydrogen) atoms. The fraction of sp³-hybridized carbons (Fsp3) is 0.533. The van der Waals surface area contributed by atoms with E-state index in [1.807, 2.05) is 39.0 Å². The van der Waals surface area contributed by atoms with Gasteiger partial charge in [0.2, 0.25) is 0 Å². The molecule has 0 aromatic carbocycles. The minimum absolute atomic E-state index is 0.0174. The standard InChI is InChI=1S/C15H21ClO2/c1-10(2)15(17)11(3)8-12-6-5-7-13(16)9-14(12)18-4/h5,7,9-11H,6,8H2,1-4H3. The third-order valence-electron chi connectivity index (χ3n) is 3.09. The number of allylic oxidation sites excluding steroid dienone is 5. The highest BCUT2D eigenvalue weighted by Crippen LogP contribution is 2.27. The molecule has 0 bridgehead atoms. The van der Waals surface area contributed by atoms with Gasteiger partial charge in [0.25, 0.3) is 0 Å². The van der Waals surface area contributed by atoms with Gasteiger partial charge in [0.05, 0.1) is 7.11 Å². The fourth-order valence-electron chi connectivity index (χ4n) is 2.12. The first-order chi connectivity index (χ1) is 8.45. The van der Waals surface area contributed by atoms with E-state index in [0.717, 1.165) is 24.2 Å². The summed E-state index contributed by atoms with van der Waals surface area (Å²) in [5.41, 5.74) is 1.13. The number of carbonyl (C=O) groups excluding carboxylic acids is 1. The fourth-order valence-corrected chi connectivity index (χ4v) is 2.30.